The lowest BCUT2D eigenvalue weighted by Gasteiger charge is -2.34. The topological polar surface area (TPSA) is 41.6 Å². The first-order valence-electron chi connectivity index (χ1n) is 7.76. The van der Waals surface area contributed by atoms with Gasteiger partial charge >= 0.3 is 6.09 Å². The van der Waals surface area contributed by atoms with Crippen LogP contribution in [0.1, 0.15) is 33.6 Å². The molecule has 1 N–H and O–H groups in total. The summed E-state index contributed by atoms with van der Waals surface area (Å²) in [7, 11) is 0. The van der Waals surface area contributed by atoms with E-state index < -0.39 is 5.60 Å². The number of hydrogen-bond donors (Lipinski definition) is 1. The van der Waals surface area contributed by atoms with E-state index in [1.165, 1.54) is 4.90 Å². The monoisotopic (exact) mass is 322 g/mol. The van der Waals surface area contributed by atoms with Gasteiger partial charge in [0.1, 0.15) is 5.60 Å². The highest BCUT2D eigenvalue weighted by molar-refractivity contribution is 7.98. The number of amides is 1. The van der Waals surface area contributed by atoms with Gasteiger partial charge in [-0.1, -0.05) is 0 Å². The third kappa shape index (κ3) is 5.13. The summed E-state index contributed by atoms with van der Waals surface area (Å²) < 4.78 is 5.46. The molecule has 1 aromatic rings. The minimum atomic E-state index is -0.439. The number of thioether (sulfide) groups is 1. The molecule has 1 amide bonds. The SMILES string of the molecule is CSc1ccc(NC2CCCN(C(=O)OC(C)(C)C)C2)cc1. The van der Waals surface area contributed by atoms with Crippen LogP contribution in [0, 0.1) is 0 Å². The smallest absolute Gasteiger partial charge is 0.410 e. The van der Waals surface area contributed by atoms with Crippen molar-refractivity contribution in [3.63, 3.8) is 0 Å². The van der Waals surface area contributed by atoms with Crippen molar-refractivity contribution in [2.45, 2.75) is 50.2 Å². The Hall–Kier alpha value is -1.36. The van der Waals surface area contributed by atoms with Gasteiger partial charge in [0.05, 0.1) is 0 Å². The number of nitrogens with zero attached hydrogens (tertiary/aromatic N) is 1. The van der Waals surface area contributed by atoms with Gasteiger partial charge < -0.3 is 15.0 Å². The van der Waals surface area contributed by atoms with Crippen molar-refractivity contribution in [1.82, 2.24) is 4.90 Å². The summed E-state index contributed by atoms with van der Waals surface area (Å²) in [5.41, 5.74) is 0.666. The molecular formula is C17H26N2O2S. The zero-order valence-electron chi connectivity index (χ0n) is 13.9. The summed E-state index contributed by atoms with van der Waals surface area (Å²) in [6, 6.07) is 8.70. The van der Waals surface area contributed by atoms with Gasteiger partial charge in [-0.2, -0.15) is 0 Å². The van der Waals surface area contributed by atoms with Crippen LogP contribution in [0.4, 0.5) is 10.5 Å². The van der Waals surface area contributed by atoms with Crippen LogP contribution < -0.4 is 5.32 Å². The van der Waals surface area contributed by atoms with E-state index in [1.54, 1.807) is 11.8 Å². The second-order valence-corrected chi connectivity index (χ2v) is 7.52. The molecule has 1 aliphatic heterocycles. The number of hydrogen-bond acceptors (Lipinski definition) is 4. The molecule has 1 atom stereocenters. The third-order valence-electron chi connectivity index (χ3n) is 3.53. The van der Waals surface area contributed by atoms with Gasteiger partial charge in [-0.05, 0) is 64.1 Å². The van der Waals surface area contributed by atoms with Gasteiger partial charge in [0, 0.05) is 29.7 Å². The summed E-state index contributed by atoms with van der Waals surface area (Å²) in [6.45, 7) is 7.17. The summed E-state index contributed by atoms with van der Waals surface area (Å²) >= 11 is 1.74. The fourth-order valence-electron chi connectivity index (χ4n) is 2.51. The Morgan fingerprint density at radius 3 is 2.59 bits per heavy atom. The van der Waals surface area contributed by atoms with Crippen LogP contribution in [-0.4, -0.2) is 42.0 Å². The highest BCUT2D eigenvalue weighted by Crippen LogP contribution is 2.21. The third-order valence-corrected chi connectivity index (χ3v) is 4.28. The van der Waals surface area contributed by atoms with Crippen LogP contribution in [0.5, 0.6) is 0 Å². The zero-order chi connectivity index (χ0) is 16.2. The summed E-state index contributed by atoms with van der Waals surface area (Å²) in [5, 5.41) is 3.52. The van der Waals surface area contributed by atoms with Gasteiger partial charge in [0.2, 0.25) is 0 Å². The molecule has 1 heterocycles. The molecule has 0 aromatic heterocycles. The predicted molar refractivity (Wildman–Crippen MR) is 92.7 cm³/mol. The predicted octanol–water partition coefficient (Wildman–Crippen LogP) is 4.22. The summed E-state index contributed by atoms with van der Waals surface area (Å²) in [6.07, 6.45) is 3.93. The van der Waals surface area contributed by atoms with Gasteiger partial charge in [-0.3, -0.25) is 0 Å². The molecule has 0 radical (unpaired) electrons. The number of likely N-dealkylation sites (tertiary alicyclic amines) is 1. The van der Waals surface area contributed by atoms with Gasteiger partial charge in [-0.15, -0.1) is 11.8 Å². The van der Waals surface area contributed by atoms with Crippen LogP contribution >= 0.6 is 11.8 Å². The molecule has 1 aromatic carbocycles. The number of ether oxygens (including phenoxy) is 1. The highest BCUT2D eigenvalue weighted by atomic mass is 32.2. The Bertz CT molecular complexity index is 496. The Labute approximate surface area is 137 Å². The lowest BCUT2D eigenvalue weighted by molar-refractivity contribution is 0.0206. The number of carbonyl (C=O) groups is 1. The van der Waals surface area contributed by atoms with E-state index in [1.807, 2.05) is 25.7 Å². The summed E-state index contributed by atoms with van der Waals surface area (Å²) in [5.74, 6) is 0. The van der Waals surface area contributed by atoms with Crippen LogP contribution in [0.25, 0.3) is 0 Å². The van der Waals surface area contributed by atoms with Crippen LogP contribution in [-0.2, 0) is 4.74 Å². The molecule has 0 bridgehead atoms. The number of rotatable bonds is 3. The second kappa shape index (κ2) is 7.27. The van der Waals surface area contributed by atoms with Gasteiger partial charge in [-0.25, -0.2) is 4.79 Å². The van der Waals surface area contributed by atoms with E-state index in [4.69, 9.17) is 4.74 Å². The molecule has 0 spiro atoms. The minimum Gasteiger partial charge on any atom is -0.444 e. The quantitative estimate of drug-likeness (QED) is 0.846. The molecule has 1 saturated heterocycles. The number of benzene rings is 1. The van der Waals surface area contributed by atoms with Gasteiger partial charge in [0.15, 0.2) is 0 Å². The van der Waals surface area contributed by atoms with Crippen molar-refractivity contribution in [3.05, 3.63) is 24.3 Å². The molecule has 0 aliphatic carbocycles. The Morgan fingerprint density at radius 2 is 2.00 bits per heavy atom. The largest absolute Gasteiger partial charge is 0.444 e. The molecular weight excluding hydrogens is 296 g/mol. The number of carbonyl (C=O) groups excluding carboxylic acids is 1. The molecule has 0 saturated carbocycles. The summed E-state index contributed by atoms with van der Waals surface area (Å²) in [4.78, 5) is 15.2. The van der Waals surface area contributed by atoms with E-state index >= 15 is 0 Å². The Balaban J connectivity index is 1.91. The van der Waals surface area contributed by atoms with Crippen LogP contribution in [0.3, 0.4) is 0 Å². The standard InChI is InChI=1S/C17H26N2O2S/c1-17(2,3)21-16(20)19-11-5-6-14(12-19)18-13-7-9-15(22-4)10-8-13/h7-10,14,18H,5-6,11-12H2,1-4H3. The van der Waals surface area contributed by atoms with Gasteiger partial charge in [0.25, 0.3) is 0 Å². The maximum absolute atomic E-state index is 12.2. The molecule has 122 valence electrons. The van der Waals surface area contributed by atoms with E-state index in [2.05, 4.69) is 35.8 Å². The van der Waals surface area contributed by atoms with E-state index in [9.17, 15) is 4.79 Å². The molecule has 5 heteroatoms. The number of nitrogens with one attached hydrogen (secondary N) is 1. The first kappa shape index (κ1) is 17.0. The van der Waals surface area contributed by atoms with Crippen molar-refractivity contribution in [2.24, 2.45) is 0 Å². The first-order valence-corrected chi connectivity index (χ1v) is 8.98. The maximum Gasteiger partial charge on any atom is 0.410 e. The molecule has 1 fully saturated rings. The average Bonchev–Trinajstić information content (AvgIpc) is 2.46. The lowest BCUT2D eigenvalue weighted by Crippen LogP contribution is -2.46. The van der Waals surface area contributed by atoms with Crippen molar-refractivity contribution in [3.8, 4) is 0 Å². The van der Waals surface area contributed by atoms with Crippen molar-refractivity contribution in [1.29, 1.82) is 0 Å². The fraction of sp³-hybridized carbons (Fsp3) is 0.588. The average molecular weight is 322 g/mol. The molecule has 2 rings (SSSR count). The number of anilines is 1. The highest BCUT2D eigenvalue weighted by Gasteiger charge is 2.27. The lowest BCUT2D eigenvalue weighted by atomic mass is 10.1. The molecule has 22 heavy (non-hydrogen) atoms. The second-order valence-electron chi connectivity index (χ2n) is 6.64. The van der Waals surface area contributed by atoms with E-state index in [0.717, 1.165) is 25.1 Å². The van der Waals surface area contributed by atoms with E-state index in [0.29, 0.717) is 6.54 Å². The molecule has 1 unspecified atom stereocenters. The molecule has 4 nitrogen and oxygen atoms in total. The normalized spacial score (nSPS) is 18.9. The maximum atomic E-state index is 12.2. The van der Waals surface area contributed by atoms with Crippen LogP contribution in [0.15, 0.2) is 29.2 Å². The Kier molecular flexibility index (Phi) is 5.62. The fourth-order valence-corrected chi connectivity index (χ4v) is 2.92. The van der Waals surface area contributed by atoms with Crippen molar-refractivity contribution >= 4 is 23.5 Å². The number of piperidine rings is 1. The van der Waals surface area contributed by atoms with E-state index in [-0.39, 0.29) is 12.1 Å². The minimum absolute atomic E-state index is 0.211. The van der Waals surface area contributed by atoms with Crippen molar-refractivity contribution in [2.75, 3.05) is 24.7 Å². The molecule has 1 aliphatic rings. The Morgan fingerprint density at radius 1 is 1.32 bits per heavy atom. The zero-order valence-corrected chi connectivity index (χ0v) is 14.7. The van der Waals surface area contributed by atoms with Crippen molar-refractivity contribution < 1.29 is 9.53 Å². The first-order chi connectivity index (χ1) is 10.4. The van der Waals surface area contributed by atoms with Crippen LogP contribution in [0.2, 0.25) is 0 Å².